The van der Waals surface area contributed by atoms with Crippen molar-refractivity contribution in [3.05, 3.63) is 18.4 Å². The zero-order valence-corrected chi connectivity index (χ0v) is 8.97. The van der Waals surface area contributed by atoms with Crippen LogP contribution in [0, 0.1) is 0 Å². The molecule has 3 aromatic heterocycles. The number of ether oxygens (including phenoxy) is 1. The van der Waals surface area contributed by atoms with Gasteiger partial charge in [0.05, 0.1) is 13.4 Å². The number of nitrogens with one attached hydrogen (secondary N) is 1. The van der Waals surface area contributed by atoms with Crippen LogP contribution in [0.15, 0.2) is 22.8 Å². The summed E-state index contributed by atoms with van der Waals surface area (Å²) in [6, 6.07) is 3.91. The third-order valence-corrected chi connectivity index (χ3v) is 2.29. The van der Waals surface area contributed by atoms with Crippen LogP contribution in [0.2, 0.25) is 0 Å². The third kappa shape index (κ3) is 1.48. The Kier molecular flexibility index (Phi) is 1.97. The molecular weight excluding hydrogens is 222 g/mol. The maximum atomic E-state index is 5.62. The van der Waals surface area contributed by atoms with Gasteiger partial charge in [-0.05, 0) is 12.1 Å². The number of nitrogens with zero attached hydrogens (tertiary/aromatic N) is 3. The Morgan fingerprint density at radius 3 is 2.94 bits per heavy atom. The molecule has 3 aromatic rings. The van der Waals surface area contributed by atoms with Crippen LogP contribution in [0.4, 0.5) is 5.95 Å². The van der Waals surface area contributed by atoms with Crippen molar-refractivity contribution < 1.29 is 9.15 Å². The fourth-order valence-electron chi connectivity index (χ4n) is 1.58. The topological polar surface area (TPSA) is 103 Å². The van der Waals surface area contributed by atoms with Gasteiger partial charge < -0.3 is 19.9 Å². The van der Waals surface area contributed by atoms with E-state index in [9.17, 15) is 0 Å². The fourth-order valence-corrected chi connectivity index (χ4v) is 1.58. The molecule has 0 aliphatic carbocycles. The minimum absolute atomic E-state index is 0.137. The first-order valence-corrected chi connectivity index (χ1v) is 4.89. The monoisotopic (exact) mass is 231 g/mol. The van der Waals surface area contributed by atoms with Gasteiger partial charge in [-0.2, -0.15) is 9.97 Å². The molecule has 7 heteroatoms. The molecule has 7 nitrogen and oxygen atoms in total. The van der Waals surface area contributed by atoms with Crippen molar-refractivity contribution in [1.29, 1.82) is 0 Å². The van der Waals surface area contributed by atoms with E-state index in [1.165, 1.54) is 7.11 Å². The number of aromatic nitrogens is 4. The molecule has 0 spiro atoms. The molecular formula is C10H9N5O2. The molecule has 0 fully saturated rings. The van der Waals surface area contributed by atoms with Crippen LogP contribution in [0.3, 0.4) is 0 Å². The highest BCUT2D eigenvalue weighted by Gasteiger charge is 2.15. The molecule has 0 atom stereocenters. The first kappa shape index (κ1) is 9.64. The second kappa shape index (κ2) is 3.48. The van der Waals surface area contributed by atoms with E-state index in [4.69, 9.17) is 14.9 Å². The normalized spacial score (nSPS) is 10.9. The standard InChI is InChI=1S/C10H9N5O2/c1-16-10-13-7-6(5-3-2-4-17-5)12-9(11)14-8(7)15-10/h2-4H,1H3,(H3,11,12,13,14,15). The Hall–Kier alpha value is -2.57. The van der Waals surface area contributed by atoms with Gasteiger partial charge in [0.1, 0.15) is 11.2 Å². The lowest BCUT2D eigenvalue weighted by Crippen LogP contribution is -1.97. The summed E-state index contributed by atoms with van der Waals surface area (Å²) in [5, 5.41) is 0. The van der Waals surface area contributed by atoms with Crippen molar-refractivity contribution in [2.24, 2.45) is 0 Å². The zero-order valence-electron chi connectivity index (χ0n) is 8.97. The fraction of sp³-hybridized carbons (Fsp3) is 0.100. The minimum atomic E-state index is 0.137. The van der Waals surface area contributed by atoms with Crippen molar-refractivity contribution >= 4 is 17.1 Å². The highest BCUT2D eigenvalue weighted by atomic mass is 16.5. The van der Waals surface area contributed by atoms with E-state index in [0.29, 0.717) is 28.6 Å². The second-order valence-corrected chi connectivity index (χ2v) is 3.35. The first-order valence-electron chi connectivity index (χ1n) is 4.89. The quantitative estimate of drug-likeness (QED) is 0.687. The molecule has 0 aromatic carbocycles. The second-order valence-electron chi connectivity index (χ2n) is 3.35. The molecule has 0 bridgehead atoms. The first-order chi connectivity index (χ1) is 8.28. The number of aromatic amines is 1. The SMILES string of the molecule is COc1nc2nc(N)nc(-c3ccco3)c2[nH]1. The Labute approximate surface area is 95.7 Å². The number of nitrogen functional groups attached to an aromatic ring is 1. The molecule has 0 unspecified atom stereocenters. The minimum Gasteiger partial charge on any atom is -0.468 e. The van der Waals surface area contributed by atoms with E-state index >= 15 is 0 Å². The van der Waals surface area contributed by atoms with Gasteiger partial charge in [-0.1, -0.05) is 0 Å². The van der Waals surface area contributed by atoms with Gasteiger partial charge in [-0.3, -0.25) is 0 Å². The van der Waals surface area contributed by atoms with Gasteiger partial charge in [-0.15, -0.1) is 0 Å². The summed E-state index contributed by atoms with van der Waals surface area (Å²) in [7, 11) is 1.51. The molecule has 0 aliphatic heterocycles. The third-order valence-electron chi connectivity index (χ3n) is 2.29. The van der Waals surface area contributed by atoms with Gasteiger partial charge in [0.15, 0.2) is 11.4 Å². The van der Waals surface area contributed by atoms with Crippen molar-refractivity contribution in [1.82, 2.24) is 19.9 Å². The van der Waals surface area contributed by atoms with Gasteiger partial charge in [0, 0.05) is 0 Å². The molecule has 0 aliphatic rings. The smallest absolute Gasteiger partial charge is 0.295 e. The number of imidazole rings is 1. The summed E-state index contributed by atoms with van der Waals surface area (Å²) in [6.07, 6.45) is 1.56. The summed E-state index contributed by atoms with van der Waals surface area (Å²) in [5.74, 6) is 0.730. The summed E-state index contributed by atoms with van der Waals surface area (Å²) in [5.41, 5.74) is 7.26. The van der Waals surface area contributed by atoms with Crippen LogP contribution in [0.1, 0.15) is 0 Å². The number of fused-ring (bicyclic) bond motifs is 1. The molecule has 0 amide bonds. The Morgan fingerprint density at radius 2 is 2.24 bits per heavy atom. The highest BCUT2D eigenvalue weighted by molar-refractivity contribution is 5.86. The largest absolute Gasteiger partial charge is 0.468 e. The van der Waals surface area contributed by atoms with Gasteiger partial charge in [0.25, 0.3) is 6.01 Å². The number of nitrogens with two attached hydrogens (primary N) is 1. The number of H-pyrrole nitrogens is 1. The van der Waals surface area contributed by atoms with Gasteiger partial charge >= 0.3 is 0 Å². The number of hydrogen-bond acceptors (Lipinski definition) is 6. The predicted molar refractivity (Wildman–Crippen MR) is 60.4 cm³/mol. The molecule has 86 valence electrons. The van der Waals surface area contributed by atoms with E-state index in [1.54, 1.807) is 18.4 Å². The van der Waals surface area contributed by atoms with Crippen LogP contribution in [0.25, 0.3) is 22.6 Å². The van der Waals surface area contributed by atoms with Gasteiger partial charge in [-0.25, -0.2) is 4.98 Å². The highest BCUT2D eigenvalue weighted by Crippen LogP contribution is 2.26. The molecule has 17 heavy (non-hydrogen) atoms. The van der Waals surface area contributed by atoms with Crippen LogP contribution in [-0.4, -0.2) is 27.0 Å². The molecule has 0 saturated carbocycles. The van der Waals surface area contributed by atoms with Crippen molar-refractivity contribution in [2.75, 3.05) is 12.8 Å². The molecule has 0 saturated heterocycles. The van der Waals surface area contributed by atoms with E-state index in [1.807, 2.05) is 0 Å². The van der Waals surface area contributed by atoms with Crippen LogP contribution >= 0.6 is 0 Å². The lowest BCUT2D eigenvalue weighted by molar-refractivity contribution is 0.386. The van der Waals surface area contributed by atoms with Gasteiger partial charge in [0.2, 0.25) is 5.95 Å². The van der Waals surface area contributed by atoms with Crippen LogP contribution < -0.4 is 10.5 Å². The Balaban J connectivity index is 2.32. The average molecular weight is 231 g/mol. The van der Waals surface area contributed by atoms with Crippen molar-refractivity contribution in [2.45, 2.75) is 0 Å². The lowest BCUT2D eigenvalue weighted by Gasteiger charge is -1.98. The number of anilines is 1. The summed E-state index contributed by atoms with van der Waals surface area (Å²) < 4.78 is 10.3. The zero-order chi connectivity index (χ0) is 11.8. The Morgan fingerprint density at radius 1 is 1.35 bits per heavy atom. The van der Waals surface area contributed by atoms with Crippen LogP contribution in [0.5, 0.6) is 6.01 Å². The maximum absolute atomic E-state index is 5.62. The number of furan rings is 1. The molecule has 3 N–H and O–H groups in total. The maximum Gasteiger partial charge on any atom is 0.295 e. The Bertz CT molecular complexity index is 659. The molecule has 3 heterocycles. The lowest BCUT2D eigenvalue weighted by atomic mass is 10.3. The summed E-state index contributed by atoms with van der Waals surface area (Å²) in [4.78, 5) is 15.2. The van der Waals surface area contributed by atoms with E-state index < -0.39 is 0 Å². The van der Waals surface area contributed by atoms with E-state index in [2.05, 4.69) is 19.9 Å². The summed E-state index contributed by atoms with van der Waals surface area (Å²) in [6.45, 7) is 0. The number of rotatable bonds is 2. The number of hydrogen-bond donors (Lipinski definition) is 2. The van der Waals surface area contributed by atoms with E-state index in [-0.39, 0.29) is 5.95 Å². The van der Waals surface area contributed by atoms with Crippen LogP contribution in [-0.2, 0) is 0 Å². The summed E-state index contributed by atoms with van der Waals surface area (Å²) >= 11 is 0. The molecule has 3 rings (SSSR count). The predicted octanol–water partition coefficient (Wildman–Crippen LogP) is 1.20. The van der Waals surface area contributed by atoms with E-state index in [0.717, 1.165) is 0 Å². The molecule has 0 radical (unpaired) electrons. The number of methoxy groups -OCH3 is 1. The average Bonchev–Trinajstić information content (AvgIpc) is 2.96. The van der Waals surface area contributed by atoms with Crippen molar-refractivity contribution in [3.63, 3.8) is 0 Å². The van der Waals surface area contributed by atoms with Crippen molar-refractivity contribution in [3.8, 4) is 17.5 Å².